The predicted octanol–water partition coefficient (Wildman–Crippen LogP) is 8.33. The predicted molar refractivity (Wildman–Crippen MR) is 125 cm³/mol. The highest BCUT2D eigenvalue weighted by Crippen LogP contribution is 2.42. The average molecular weight is 365 g/mol. The molecule has 0 unspecified atom stereocenters. The quantitative estimate of drug-likeness (QED) is 0.191. The second-order valence-electron chi connectivity index (χ2n) is 10.4. The minimum atomic E-state index is 0.112. The summed E-state index contributed by atoms with van der Waals surface area (Å²) in [5, 5.41) is 10.9. The number of benzene rings is 5. The smallest absolute Gasteiger partial charge is 0.00203 e. The van der Waals surface area contributed by atoms with Crippen molar-refractivity contribution in [2.24, 2.45) is 0 Å². The maximum Gasteiger partial charge on any atom is -0.00203 e. The van der Waals surface area contributed by atoms with Gasteiger partial charge in [-0.15, -0.1) is 0 Å². The first kappa shape index (κ1) is 17.5. The Morgan fingerprint density at radius 2 is 1.04 bits per heavy atom. The summed E-state index contributed by atoms with van der Waals surface area (Å²) >= 11 is 0. The van der Waals surface area contributed by atoms with Gasteiger partial charge in [-0.3, -0.25) is 0 Å². The summed E-state index contributed by atoms with van der Waals surface area (Å²) in [6.07, 6.45) is 0. The van der Waals surface area contributed by atoms with E-state index >= 15 is 0 Å². The molecule has 5 aromatic rings. The maximum atomic E-state index is 2.47. The van der Waals surface area contributed by atoms with Crippen molar-refractivity contribution in [1.82, 2.24) is 0 Å². The Labute approximate surface area is 167 Å². The lowest BCUT2D eigenvalue weighted by atomic mass is 9.74. The third kappa shape index (κ3) is 2.44. The van der Waals surface area contributed by atoms with Crippen molar-refractivity contribution in [1.29, 1.82) is 0 Å². The number of hydrogen-bond acceptors (Lipinski definition) is 0. The molecule has 0 saturated carbocycles. The Hall–Kier alpha value is -2.60. The lowest BCUT2D eigenvalue weighted by molar-refractivity contribution is 0.531. The minimum Gasteiger partial charge on any atom is -0.0610 e. The van der Waals surface area contributed by atoms with E-state index in [-0.39, 0.29) is 10.8 Å². The molecule has 28 heavy (non-hydrogen) atoms. The molecule has 0 radical (unpaired) electrons. The van der Waals surface area contributed by atoms with E-state index in [1.165, 1.54) is 54.2 Å². The van der Waals surface area contributed by atoms with Gasteiger partial charge in [0.2, 0.25) is 0 Å². The first-order chi connectivity index (χ1) is 13.1. The fourth-order valence-electron chi connectivity index (χ4n) is 4.83. The Balaban J connectivity index is 2.02. The first-order valence-electron chi connectivity index (χ1n) is 10.3. The molecular formula is C28H28. The fraction of sp³-hybridized carbons (Fsp3) is 0.286. The highest BCUT2D eigenvalue weighted by molar-refractivity contribution is 6.28. The van der Waals surface area contributed by atoms with Crippen LogP contribution >= 0.6 is 0 Å². The molecule has 0 aliphatic carbocycles. The summed E-state index contributed by atoms with van der Waals surface area (Å²) in [6, 6.07) is 23.1. The summed E-state index contributed by atoms with van der Waals surface area (Å²) in [4.78, 5) is 0. The van der Waals surface area contributed by atoms with E-state index < -0.39 is 0 Å². The first-order valence-corrected chi connectivity index (χ1v) is 10.3. The van der Waals surface area contributed by atoms with Gasteiger partial charge in [-0.25, -0.2) is 0 Å². The lowest BCUT2D eigenvalue weighted by Gasteiger charge is -2.31. The van der Waals surface area contributed by atoms with Crippen molar-refractivity contribution in [3.05, 3.63) is 71.8 Å². The summed E-state index contributed by atoms with van der Waals surface area (Å²) in [5.41, 5.74) is 3.15. The van der Waals surface area contributed by atoms with Gasteiger partial charge in [-0.2, -0.15) is 0 Å². The highest BCUT2D eigenvalue weighted by atomic mass is 14.3. The molecule has 0 saturated heterocycles. The van der Waals surface area contributed by atoms with Crippen LogP contribution < -0.4 is 0 Å². The molecule has 0 heteroatoms. The minimum absolute atomic E-state index is 0.112. The van der Waals surface area contributed by atoms with Gasteiger partial charge in [0, 0.05) is 0 Å². The number of rotatable bonds is 0. The van der Waals surface area contributed by atoms with Gasteiger partial charge in [-0.1, -0.05) is 90.1 Å². The normalized spacial score (nSPS) is 13.4. The van der Waals surface area contributed by atoms with Crippen molar-refractivity contribution >= 4 is 43.1 Å². The van der Waals surface area contributed by atoms with Crippen molar-refractivity contribution in [2.45, 2.75) is 52.4 Å². The van der Waals surface area contributed by atoms with Gasteiger partial charge in [0.25, 0.3) is 0 Å². The summed E-state index contributed by atoms with van der Waals surface area (Å²) in [7, 11) is 0. The van der Waals surface area contributed by atoms with Crippen molar-refractivity contribution in [2.75, 3.05) is 0 Å². The zero-order valence-electron chi connectivity index (χ0n) is 17.8. The van der Waals surface area contributed by atoms with E-state index in [9.17, 15) is 0 Å². The second kappa shape index (κ2) is 5.47. The fourth-order valence-corrected chi connectivity index (χ4v) is 4.83. The molecule has 0 aromatic heterocycles. The molecule has 5 aromatic carbocycles. The zero-order valence-corrected chi connectivity index (χ0v) is 17.8. The van der Waals surface area contributed by atoms with Crippen LogP contribution in [0.1, 0.15) is 52.7 Å². The van der Waals surface area contributed by atoms with Gasteiger partial charge in [0.15, 0.2) is 0 Å². The van der Waals surface area contributed by atoms with Crippen molar-refractivity contribution < 1.29 is 0 Å². The Kier molecular flexibility index (Phi) is 3.42. The maximum absolute atomic E-state index is 2.47. The van der Waals surface area contributed by atoms with Crippen LogP contribution in [0.3, 0.4) is 0 Å². The summed E-state index contributed by atoms with van der Waals surface area (Å²) in [5.74, 6) is 0. The van der Waals surface area contributed by atoms with Gasteiger partial charge in [0.1, 0.15) is 0 Å². The average Bonchev–Trinajstić information content (AvgIpc) is 2.63. The Morgan fingerprint density at radius 3 is 1.68 bits per heavy atom. The third-order valence-electron chi connectivity index (χ3n) is 6.22. The van der Waals surface area contributed by atoms with Gasteiger partial charge in [-0.05, 0) is 77.2 Å². The molecule has 0 spiro atoms. The van der Waals surface area contributed by atoms with E-state index in [1.807, 2.05) is 0 Å². The van der Waals surface area contributed by atoms with Crippen molar-refractivity contribution in [3.63, 3.8) is 0 Å². The molecule has 0 fully saturated rings. The SMILES string of the molecule is CC(C)(C)c1cc2cc3ccc4cccc5ccc(c2cc1C(C)(C)C)c3c45. The van der Waals surface area contributed by atoms with Crippen LogP contribution in [0.15, 0.2) is 60.7 Å². The molecule has 0 amide bonds. The van der Waals surface area contributed by atoms with Crippen LogP contribution in [0.25, 0.3) is 43.1 Å². The number of hydrogen-bond donors (Lipinski definition) is 0. The monoisotopic (exact) mass is 364 g/mol. The van der Waals surface area contributed by atoms with Gasteiger partial charge >= 0.3 is 0 Å². The lowest BCUT2D eigenvalue weighted by Crippen LogP contribution is -2.21. The summed E-state index contributed by atoms with van der Waals surface area (Å²) < 4.78 is 0. The number of fused-ring (bicyclic) bond motifs is 2. The van der Waals surface area contributed by atoms with Gasteiger partial charge < -0.3 is 0 Å². The molecule has 5 rings (SSSR count). The molecule has 0 bridgehead atoms. The van der Waals surface area contributed by atoms with E-state index in [4.69, 9.17) is 0 Å². The largest absolute Gasteiger partial charge is 0.0610 e. The molecule has 0 aliphatic rings. The van der Waals surface area contributed by atoms with E-state index in [0.717, 1.165) is 0 Å². The highest BCUT2D eigenvalue weighted by Gasteiger charge is 2.26. The topological polar surface area (TPSA) is 0 Å². The molecule has 0 N–H and O–H groups in total. The van der Waals surface area contributed by atoms with Crippen LogP contribution in [0.5, 0.6) is 0 Å². The van der Waals surface area contributed by atoms with Crippen LogP contribution in [-0.2, 0) is 10.8 Å². The third-order valence-corrected chi connectivity index (χ3v) is 6.22. The van der Waals surface area contributed by atoms with E-state index in [1.54, 1.807) is 0 Å². The molecule has 0 heterocycles. The van der Waals surface area contributed by atoms with Crippen LogP contribution in [0, 0.1) is 0 Å². The molecule has 140 valence electrons. The molecule has 0 nitrogen and oxygen atoms in total. The van der Waals surface area contributed by atoms with Crippen molar-refractivity contribution in [3.8, 4) is 0 Å². The second-order valence-corrected chi connectivity index (χ2v) is 10.4. The van der Waals surface area contributed by atoms with Crippen LogP contribution in [-0.4, -0.2) is 0 Å². The van der Waals surface area contributed by atoms with E-state index in [2.05, 4.69) is 102 Å². The summed E-state index contributed by atoms with van der Waals surface area (Å²) in [6.45, 7) is 14.0. The van der Waals surface area contributed by atoms with Crippen LogP contribution in [0.2, 0.25) is 0 Å². The van der Waals surface area contributed by atoms with Gasteiger partial charge in [0.05, 0.1) is 0 Å². The zero-order chi connectivity index (χ0) is 19.8. The molecular weight excluding hydrogens is 336 g/mol. The Bertz CT molecular complexity index is 1340. The molecule has 0 atom stereocenters. The molecule has 0 aliphatic heterocycles. The standard InChI is InChI=1S/C28H28/c1-27(2,3)23-15-20-14-19-11-10-17-8-7-9-18-12-13-21(26(19)25(17)18)22(20)16-24(23)28(4,5)6/h7-16H,1-6H3. The van der Waals surface area contributed by atoms with E-state index in [0.29, 0.717) is 0 Å². The Morgan fingerprint density at radius 1 is 0.464 bits per heavy atom. The van der Waals surface area contributed by atoms with Crippen LogP contribution in [0.4, 0.5) is 0 Å².